The topological polar surface area (TPSA) is 0 Å². The van der Waals surface area contributed by atoms with Gasteiger partial charge in [-0.1, -0.05) is 71.6 Å². The van der Waals surface area contributed by atoms with Crippen LogP contribution < -0.4 is 35.2 Å². The van der Waals surface area contributed by atoms with E-state index in [1.54, 1.807) is 23.3 Å². The molecule has 6 rings (SSSR count). The third-order valence-electron chi connectivity index (χ3n) is 8.32. The van der Waals surface area contributed by atoms with Crippen molar-refractivity contribution >= 4 is 15.8 Å². The van der Waals surface area contributed by atoms with E-state index in [1.165, 1.54) is 66.0 Å². The van der Waals surface area contributed by atoms with Gasteiger partial charge in [-0.25, -0.2) is 12.1 Å². The minimum Gasteiger partial charge on any atom is -1.00 e. The molecule has 0 nitrogen and oxygen atoms in total. The average Bonchev–Trinajstić information content (AvgIpc) is 3.63. The molecule has 0 spiro atoms. The van der Waals surface area contributed by atoms with Crippen LogP contribution in [-0.4, -0.2) is 5.43 Å². The Labute approximate surface area is 307 Å². The molecule has 0 saturated carbocycles. The van der Waals surface area contributed by atoms with Gasteiger partial charge >= 0.3 is 113 Å². The largest absolute Gasteiger partial charge is 1.00 e. The summed E-state index contributed by atoms with van der Waals surface area (Å²) in [5.74, 6) is 0. The Kier molecular flexibility index (Phi) is 14.7. The summed E-state index contributed by atoms with van der Waals surface area (Å²) in [7, 11) is 0. The maximum absolute atomic E-state index is 3.69. The smallest absolute Gasteiger partial charge is 0.172 e. The van der Waals surface area contributed by atoms with Gasteiger partial charge in [0.15, 0.2) is 0 Å². The van der Waals surface area contributed by atoms with Gasteiger partial charge in [-0.2, -0.15) is 35.9 Å². The number of aryl methyl sites for hydroxylation is 4. The van der Waals surface area contributed by atoms with Gasteiger partial charge in [-0.05, 0) is 35.4 Å². The molecule has 0 N–H and O–H groups in total. The van der Waals surface area contributed by atoms with Gasteiger partial charge in [-0.3, -0.25) is 0 Å². The van der Waals surface area contributed by atoms with Crippen LogP contribution in [0, 0.1) is 33.8 Å². The predicted octanol–water partition coefficient (Wildman–Crippen LogP) is 3.64. The Morgan fingerprint density at radius 1 is 0.652 bits per heavy atom. The van der Waals surface area contributed by atoms with E-state index in [0.29, 0.717) is 0 Å². The molecule has 0 fully saturated rings. The van der Waals surface area contributed by atoms with Crippen LogP contribution in [0.4, 0.5) is 0 Å². The van der Waals surface area contributed by atoms with Crippen LogP contribution in [0.5, 0.6) is 0 Å². The maximum atomic E-state index is 3.69. The van der Waals surface area contributed by atoms with Gasteiger partial charge in [0.05, 0.1) is 0 Å². The summed E-state index contributed by atoms with van der Waals surface area (Å²) in [6.45, 7) is 22.5. The van der Waals surface area contributed by atoms with Crippen molar-refractivity contribution < 1.29 is 48.1 Å². The van der Waals surface area contributed by atoms with Gasteiger partial charge in [0.25, 0.3) is 0 Å². The fourth-order valence-corrected chi connectivity index (χ4v) is 9.74. The SMILES string of the molecule is Cc1[c-]c2c(cc1C(C)(C)C)-c1cc(C(C)(C)C)c(C)cc1C2.Cc1ccc([Si](=[Zr+2])c2ccc(C)cc2)cc1.[Cl-].[Cl-].c1cc[cH-]c1. The summed E-state index contributed by atoms with van der Waals surface area (Å²) in [6.07, 6.45) is 1.03. The number of halogens is 2. The van der Waals surface area contributed by atoms with Gasteiger partial charge in [0.2, 0.25) is 0 Å². The van der Waals surface area contributed by atoms with Crippen LogP contribution in [0.1, 0.15) is 86.1 Å². The molecule has 0 heterocycles. The quantitative estimate of drug-likeness (QED) is 0.188. The predicted molar refractivity (Wildman–Crippen MR) is 190 cm³/mol. The molecule has 0 radical (unpaired) electrons. The van der Waals surface area contributed by atoms with Crippen molar-refractivity contribution in [2.24, 2.45) is 0 Å². The minimum absolute atomic E-state index is 0. The van der Waals surface area contributed by atoms with Crippen LogP contribution in [-0.2, 0) is 40.6 Å². The first-order valence-corrected chi connectivity index (χ1v) is 20.9. The second-order valence-corrected chi connectivity index (χ2v) is 19.9. The first kappa shape index (κ1) is 40.1. The Bertz CT molecular complexity index is 1590. The maximum Gasteiger partial charge on any atom is -0.172 e. The molecule has 0 saturated heterocycles. The zero-order valence-electron chi connectivity index (χ0n) is 29.2. The van der Waals surface area contributed by atoms with E-state index in [9.17, 15) is 0 Å². The van der Waals surface area contributed by atoms with Crippen LogP contribution in [0.2, 0.25) is 0 Å². The number of hydrogen-bond acceptors (Lipinski definition) is 0. The summed E-state index contributed by atoms with van der Waals surface area (Å²) in [6, 6.07) is 39.0. The molecule has 0 bridgehead atoms. The third-order valence-corrected chi connectivity index (χ3v) is 14.4. The Morgan fingerprint density at radius 3 is 1.52 bits per heavy atom. The molecule has 240 valence electrons. The molecule has 1 aliphatic rings. The number of rotatable bonds is 2. The molecule has 0 amide bonds. The molecule has 5 aromatic rings. The van der Waals surface area contributed by atoms with Crippen molar-refractivity contribution in [1.82, 2.24) is 0 Å². The van der Waals surface area contributed by atoms with Gasteiger partial charge < -0.3 is 24.8 Å². The van der Waals surface area contributed by atoms with Crippen LogP contribution in [0.15, 0.2) is 97.1 Å². The molecule has 4 heteroatoms. The summed E-state index contributed by atoms with van der Waals surface area (Å²) in [5, 5.41) is 3.05. The van der Waals surface area contributed by atoms with Crippen LogP contribution >= 0.6 is 0 Å². The Hall–Kier alpha value is -2.09. The minimum atomic E-state index is -0.488. The number of hydrogen-bond donors (Lipinski definition) is 0. The summed E-state index contributed by atoms with van der Waals surface area (Å²) in [5.41, 5.74) is 13.8. The standard InChI is InChI=1S/C23H29.C14H14Si.C5H5.2ClH.Zr/c1-14-9-16-11-17-10-15(2)21(23(6,7)8)13-19(17)18(16)12-20(14)22(3,4)5;1-11-3-7-13(8-4-11)15-14-9-5-12(2)6-10-14;1-2-4-5-3-1;;;/h9,12-13H,11H2,1-8H3;3-10H,1-2H3;1-5H;2*1H;/q-1;;-1;;;+2/p-2. The third kappa shape index (κ3) is 10.2. The van der Waals surface area contributed by atoms with Crippen LogP contribution in [0.3, 0.4) is 0 Å². The first-order valence-electron chi connectivity index (χ1n) is 15.7. The second-order valence-electron chi connectivity index (χ2n) is 14.3. The Morgan fingerprint density at radius 2 is 1.11 bits per heavy atom. The van der Waals surface area contributed by atoms with Crippen molar-refractivity contribution in [3.05, 3.63) is 148 Å². The summed E-state index contributed by atoms with van der Waals surface area (Å²) >= 11 is 1.65. The van der Waals surface area contributed by atoms with E-state index in [-0.39, 0.29) is 35.6 Å². The molecule has 46 heavy (non-hydrogen) atoms. The van der Waals surface area contributed by atoms with E-state index in [2.05, 4.69) is 142 Å². The zero-order chi connectivity index (χ0) is 32.2. The fraction of sp³-hybridized carbons (Fsp3) is 0.310. The summed E-state index contributed by atoms with van der Waals surface area (Å²) < 4.78 is 0. The van der Waals surface area contributed by atoms with Crippen LogP contribution in [0.25, 0.3) is 11.1 Å². The van der Waals surface area contributed by atoms with E-state index >= 15 is 0 Å². The fourth-order valence-electron chi connectivity index (χ4n) is 5.95. The molecule has 0 atom stereocenters. The molecule has 0 aromatic heterocycles. The van der Waals surface area contributed by atoms with Gasteiger partial charge in [0, 0.05) is 0 Å². The molecular formula is C42H48Cl2SiZr-2. The monoisotopic (exact) mass is 740 g/mol. The van der Waals surface area contributed by atoms with E-state index in [0.717, 1.165) is 6.42 Å². The van der Waals surface area contributed by atoms with Crippen molar-refractivity contribution in [2.45, 2.75) is 86.5 Å². The summed E-state index contributed by atoms with van der Waals surface area (Å²) in [4.78, 5) is 0. The number of fused-ring (bicyclic) bond motifs is 3. The van der Waals surface area contributed by atoms with E-state index in [4.69, 9.17) is 0 Å². The zero-order valence-corrected chi connectivity index (χ0v) is 34.2. The van der Waals surface area contributed by atoms with Crippen molar-refractivity contribution in [3.63, 3.8) is 0 Å². The molecule has 0 aliphatic heterocycles. The van der Waals surface area contributed by atoms with Crippen molar-refractivity contribution in [1.29, 1.82) is 0 Å². The molecule has 5 aromatic carbocycles. The van der Waals surface area contributed by atoms with Crippen molar-refractivity contribution in [3.8, 4) is 11.1 Å². The first-order chi connectivity index (χ1) is 20.6. The van der Waals surface area contributed by atoms with E-state index in [1.807, 2.05) is 30.3 Å². The normalized spacial score (nSPS) is 11.4. The van der Waals surface area contributed by atoms with E-state index < -0.39 is 5.43 Å². The molecule has 0 unspecified atom stereocenters. The number of benzene rings is 4. The molecule has 1 aliphatic carbocycles. The van der Waals surface area contributed by atoms with Gasteiger partial charge in [0.1, 0.15) is 0 Å². The van der Waals surface area contributed by atoms with Crippen molar-refractivity contribution in [2.75, 3.05) is 0 Å². The average molecular weight is 743 g/mol. The Balaban J connectivity index is 0.000000278. The molecular weight excluding hydrogens is 695 g/mol. The second kappa shape index (κ2) is 16.8. The van der Waals surface area contributed by atoms with Gasteiger partial charge in [-0.15, -0.1) is 16.7 Å².